The molecule has 1 aliphatic rings. The molecule has 0 radical (unpaired) electrons. The molecule has 14 heteroatoms. The van der Waals surface area contributed by atoms with Gasteiger partial charge in [-0.3, -0.25) is 0 Å². The lowest BCUT2D eigenvalue weighted by molar-refractivity contribution is -0.742. The number of rotatable bonds is 5. The number of aromatic amines is 1. The molecule has 14 nitrogen and oxygen atoms in total. The normalized spacial score (nSPS) is 13.2. The topological polar surface area (TPSA) is 189 Å². The maximum absolute atomic E-state index is 8.36. The molecule has 0 atom stereocenters. The molecule has 0 bridgehead atoms. The summed E-state index contributed by atoms with van der Waals surface area (Å²) in [6.07, 6.45) is 2.09. The van der Waals surface area contributed by atoms with Gasteiger partial charge in [-0.1, -0.05) is 54.6 Å². The second kappa shape index (κ2) is 12.9. The molecule has 1 saturated heterocycles. The number of hydrogen-bond donors (Lipinski definition) is 4. The Morgan fingerprint density at radius 1 is 0.850 bits per heavy atom. The van der Waals surface area contributed by atoms with Gasteiger partial charge in [0.15, 0.2) is 0 Å². The monoisotopic (exact) mass is 548 g/mol. The lowest BCUT2D eigenvalue weighted by atomic mass is 10.1. The highest BCUT2D eigenvalue weighted by molar-refractivity contribution is 5.79. The van der Waals surface area contributed by atoms with E-state index in [1.165, 1.54) is 11.1 Å². The van der Waals surface area contributed by atoms with E-state index < -0.39 is 10.2 Å². The lowest BCUT2D eigenvalue weighted by Gasteiger charge is -2.32. The predicted molar refractivity (Wildman–Crippen MR) is 148 cm³/mol. The number of benzene rings is 3. The van der Waals surface area contributed by atoms with E-state index >= 15 is 0 Å². The van der Waals surface area contributed by atoms with Gasteiger partial charge in [-0.2, -0.15) is 0 Å². The molecule has 0 spiro atoms. The van der Waals surface area contributed by atoms with E-state index in [1.807, 2.05) is 12.1 Å². The Morgan fingerprint density at radius 2 is 1.43 bits per heavy atom. The van der Waals surface area contributed by atoms with Crippen molar-refractivity contribution < 1.29 is 20.6 Å². The molecule has 4 N–H and O–H groups in total. The molecule has 0 amide bonds. The number of hydrogen-bond acceptors (Lipinski definition) is 8. The summed E-state index contributed by atoms with van der Waals surface area (Å²) in [5, 5.41) is 31.0. The van der Waals surface area contributed by atoms with E-state index in [-0.39, 0.29) is 0 Å². The maximum atomic E-state index is 8.36. The number of para-hydroxylation sites is 4. The fraction of sp³-hybridized carbons (Fsp3) is 0.231. The summed E-state index contributed by atoms with van der Waals surface area (Å²) >= 11 is 0. The fourth-order valence-corrected chi connectivity index (χ4v) is 4.62. The van der Waals surface area contributed by atoms with Crippen molar-refractivity contribution in [1.29, 1.82) is 0 Å². The molecule has 40 heavy (non-hydrogen) atoms. The molecule has 2 aromatic heterocycles. The number of imidazole rings is 2. The molecule has 208 valence electrons. The van der Waals surface area contributed by atoms with Crippen LogP contribution < -0.4 is 10.2 Å². The number of piperidine rings is 1. The standard InChI is InChI=1S/C26H26N6.2HNO3/c1-2-8-19(9-3-1)18-32-24-13-7-6-12-23(24)30-26(32)27-20-14-16-31(17-15-20)25-28-21-10-4-5-11-22(21)29-25;2*2-1(3)4/h1-13,20H,14-18H2,(H,27,30)(H,28,29);2*(H,2,3,4). The van der Waals surface area contributed by atoms with Gasteiger partial charge in [0.2, 0.25) is 11.9 Å². The summed E-state index contributed by atoms with van der Waals surface area (Å²) in [5.74, 6) is 1.93. The van der Waals surface area contributed by atoms with Gasteiger partial charge in [0.25, 0.3) is 10.2 Å². The van der Waals surface area contributed by atoms with Crippen molar-refractivity contribution >= 4 is 34.0 Å². The highest BCUT2D eigenvalue weighted by Gasteiger charge is 2.23. The predicted octanol–water partition coefficient (Wildman–Crippen LogP) is 4.35. The van der Waals surface area contributed by atoms with Crippen LogP contribution in [0.25, 0.3) is 22.1 Å². The van der Waals surface area contributed by atoms with Crippen molar-refractivity contribution in [2.75, 3.05) is 23.3 Å². The second-order valence-corrected chi connectivity index (χ2v) is 8.95. The van der Waals surface area contributed by atoms with Crippen LogP contribution in [-0.2, 0) is 6.54 Å². The quantitative estimate of drug-likeness (QED) is 0.181. The summed E-state index contributed by atoms with van der Waals surface area (Å²) in [5.41, 5.74) is 5.59. The smallest absolute Gasteiger partial charge is 0.291 e. The van der Waals surface area contributed by atoms with Crippen molar-refractivity contribution in [2.45, 2.75) is 25.4 Å². The molecular formula is C26H28N8O6. The van der Waals surface area contributed by atoms with Gasteiger partial charge in [0.05, 0.1) is 28.6 Å². The van der Waals surface area contributed by atoms with Crippen LogP contribution in [0.2, 0.25) is 0 Å². The minimum absolute atomic E-state index is 0.391. The molecule has 3 heterocycles. The van der Waals surface area contributed by atoms with Crippen molar-refractivity contribution in [3.05, 3.63) is 105 Å². The van der Waals surface area contributed by atoms with Crippen LogP contribution in [0, 0.1) is 20.2 Å². The zero-order valence-corrected chi connectivity index (χ0v) is 21.3. The van der Waals surface area contributed by atoms with E-state index in [0.29, 0.717) is 6.04 Å². The summed E-state index contributed by atoms with van der Waals surface area (Å²) in [6.45, 7) is 2.74. The molecule has 5 aromatic rings. The summed E-state index contributed by atoms with van der Waals surface area (Å²) in [7, 11) is 0. The third-order valence-corrected chi connectivity index (χ3v) is 6.34. The summed E-state index contributed by atoms with van der Waals surface area (Å²) in [4.78, 5) is 32.2. The molecule has 0 aliphatic carbocycles. The molecule has 6 rings (SSSR count). The number of aromatic nitrogens is 4. The Labute approximate surface area is 227 Å². The minimum Gasteiger partial charge on any atom is -0.353 e. The van der Waals surface area contributed by atoms with Gasteiger partial charge in [-0.25, -0.2) is 9.97 Å². The van der Waals surface area contributed by atoms with Gasteiger partial charge in [-0.15, -0.1) is 20.2 Å². The van der Waals surface area contributed by atoms with Crippen LogP contribution in [0.4, 0.5) is 11.9 Å². The van der Waals surface area contributed by atoms with Crippen LogP contribution in [-0.4, -0.2) is 59.2 Å². The van der Waals surface area contributed by atoms with E-state index in [0.717, 1.165) is 60.9 Å². The van der Waals surface area contributed by atoms with E-state index in [1.54, 1.807) is 0 Å². The Kier molecular flexibility index (Phi) is 8.92. The van der Waals surface area contributed by atoms with Gasteiger partial charge in [0.1, 0.15) is 0 Å². The summed E-state index contributed by atoms with van der Waals surface area (Å²) < 4.78 is 2.30. The first-order chi connectivity index (χ1) is 19.3. The van der Waals surface area contributed by atoms with Crippen LogP contribution >= 0.6 is 0 Å². The van der Waals surface area contributed by atoms with Gasteiger partial charge >= 0.3 is 0 Å². The highest BCUT2D eigenvalue weighted by atomic mass is 16.9. The summed E-state index contributed by atoms with van der Waals surface area (Å²) in [6, 6.07) is 27.6. The van der Waals surface area contributed by atoms with E-state index in [9.17, 15) is 0 Å². The molecule has 1 aliphatic heterocycles. The van der Waals surface area contributed by atoms with Crippen molar-refractivity contribution in [3.63, 3.8) is 0 Å². The average molecular weight is 549 g/mol. The molecule has 0 saturated carbocycles. The Hall–Kier alpha value is -5.40. The Balaban J connectivity index is 0.000000412. The molecule has 1 fully saturated rings. The van der Waals surface area contributed by atoms with Crippen LogP contribution in [0.1, 0.15) is 18.4 Å². The number of H-pyrrole nitrogens is 1. The lowest BCUT2D eigenvalue weighted by Crippen LogP contribution is -2.40. The molecule has 3 aromatic carbocycles. The number of nitrogens with one attached hydrogen (secondary N) is 2. The highest BCUT2D eigenvalue weighted by Crippen LogP contribution is 2.25. The Morgan fingerprint density at radius 3 is 2.08 bits per heavy atom. The second-order valence-electron chi connectivity index (χ2n) is 8.95. The fourth-order valence-electron chi connectivity index (χ4n) is 4.62. The van der Waals surface area contributed by atoms with Gasteiger partial charge in [-0.05, 0) is 42.7 Å². The van der Waals surface area contributed by atoms with Crippen molar-refractivity contribution in [2.24, 2.45) is 0 Å². The zero-order valence-electron chi connectivity index (χ0n) is 21.3. The number of anilines is 2. The first-order valence-electron chi connectivity index (χ1n) is 12.4. The van der Waals surface area contributed by atoms with Crippen LogP contribution in [0.5, 0.6) is 0 Å². The SMILES string of the molecule is O=[N+]([O-])O.O=[N+]([O-])O.c1ccc(Cn2c(NC3CCN(c4nc5ccccc5[nH]4)CC3)nc3ccccc32)cc1. The van der Waals surface area contributed by atoms with E-state index in [2.05, 4.69) is 86.5 Å². The van der Waals surface area contributed by atoms with Crippen LogP contribution in [0.3, 0.4) is 0 Å². The van der Waals surface area contributed by atoms with Crippen LogP contribution in [0.15, 0.2) is 78.9 Å². The minimum atomic E-state index is -1.50. The largest absolute Gasteiger partial charge is 0.353 e. The molecular weight excluding hydrogens is 520 g/mol. The van der Waals surface area contributed by atoms with Crippen molar-refractivity contribution in [3.8, 4) is 0 Å². The van der Waals surface area contributed by atoms with Crippen molar-refractivity contribution in [1.82, 2.24) is 19.5 Å². The zero-order chi connectivity index (χ0) is 28.5. The third kappa shape index (κ3) is 7.34. The Bertz CT molecular complexity index is 1510. The average Bonchev–Trinajstić information content (AvgIpc) is 3.51. The van der Waals surface area contributed by atoms with E-state index in [4.69, 9.17) is 40.6 Å². The van der Waals surface area contributed by atoms with Gasteiger partial charge < -0.3 is 30.2 Å². The number of fused-ring (bicyclic) bond motifs is 2. The maximum Gasteiger partial charge on any atom is 0.291 e. The first kappa shape index (κ1) is 27.6. The van der Waals surface area contributed by atoms with Gasteiger partial charge in [0, 0.05) is 19.1 Å². The first-order valence-corrected chi connectivity index (χ1v) is 12.4. The third-order valence-electron chi connectivity index (χ3n) is 6.34. The number of nitrogens with zero attached hydrogens (tertiary/aromatic N) is 6. The molecule has 0 unspecified atom stereocenters.